The van der Waals surface area contributed by atoms with Crippen molar-refractivity contribution >= 4 is 28.6 Å². The molecular formula is C44H68O6Si2. The number of hydrogen-bond acceptors (Lipinski definition) is 6. The normalized spacial score (nSPS) is 24.2. The minimum atomic E-state index is -2.05. The molecule has 6 nitrogen and oxygen atoms in total. The molecule has 0 bridgehead atoms. The molecule has 3 aliphatic rings. The molecule has 0 radical (unpaired) electrons. The second-order valence-corrected chi connectivity index (χ2v) is 28.5. The summed E-state index contributed by atoms with van der Waals surface area (Å²) in [6.45, 7) is 22.4. The highest BCUT2D eigenvalue weighted by Crippen LogP contribution is 2.59. The van der Waals surface area contributed by atoms with E-state index in [1.807, 2.05) is 24.3 Å². The molecule has 0 N–H and O–H groups in total. The van der Waals surface area contributed by atoms with Crippen LogP contribution < -0.4 is 8.85 Å². The van der Waals surface area contributed by atoms with Gasteiger partial charge >= 0.3 is 11.9 Å². The maximum Gasteiger partial charge on any atom is 0.310 e. The molecule has 0 aliphatic heterocycles. The molecule has 0 atom stereocenters. The fraction of sp³-hybridized carbons (Fsp3) is 0.682. The van der Waals surface area contributed by atoms with Gasteiger partial charge in [0.25, 0.3) is 0 Å². The molecule has 3 aliphatic carbocycles. The Morgan fingerprint density at radius 1 is 0.500 bits per heavy atom. The Bertz CT molecular complexity index is 1350. The zero-order valence-electron chi connectivity index (χ0n) is 34.0. The van der Waals surface area contributed by atoms with Gasteiger partial charge in [0, 0.05) is 11.8 Å². The molecule has 8 heteroatoms. The van der Waals surface area contributed by atoms with Crippen LogP contribution in [0.25, 0.3) is 0 Å². The highest BCUT2D eigenvalue weighted by Gasteiger charge is 2.60. The van der Waals surface area contributed by atoms with Gasteiger partial charge in [-0.25, -0.2) is 0 Å². The highest BCUT2D eigenvalue weighted by atomic mass is 28.4. The van der Waals surface area contributed by atoms with Crippen LogP contribution in [0.2, 0.25) is 36.3 Å². The van der Waals surface area contributed by atoms with Crippen LogP contribution in [0.3, 0.4) is 0 Å². The number of esters is 2. The van der Waals surface area contributed by atoms with Crippen LogP contribution in [-0.4, -0.2) is 40.8 Å². The fourth-order valence-electron chi connectivity index (χ4n) is 7.78. The quantitative estimate of drug-likeness (QED) is 0.137. The van der Waals surface area contributed by atoms with Gasteiger partial charge in [-0.15, -0.1) is 0 Å². The lowest BCUT2D eigenvalue weighted by atomic mass is 9.52. The lowest BCUT2D eigenvalue weighted by Gasteiger charge is -2.50. The van der Waals surface area contributed by atoms with Gasteiger partial charge in [-0.3, -0.25) is 9.59 Å². The van der Waals surface area contributed by atoms with E-state index in [2.05, 4.69) is 92.0 Å². The van der Waals surface area contributed by atoms with Gasteiger partial charge in [-0.05, 0) is 123 Å². The van der Waals surface area contributed by atoms with E-state index < -0.39 is 28.5 Å². The first-order valence-corrected chi connectivity index (χ1v) is 26.2. The van der Waals surface area contributed by atoms with Crippen molar-refractivity contribution in [1.29, 1.82) is 0 Å². The van der Waals surface area contributed by atoms with Gasteiger partial charge < -0.3 is 18.3 Å². The molecular weight excluding hydrogens is 681 g/mol. The summed E-state index contributed by atoms with van der Waals surface area (Å²) in [6.07, 6.45) is 12.5. The Hall–Kier alpha value is -2.59. The summed E-state index contributed by atoms with van der Waals surface area (Å²) in [4.78, 5) is 29.0. The minimum Gasteiger partial charge on any atom is -0.544 e. The Balaban J connectivity index is 1.51. The lowest BCUT2D eigenvalue weighted by Crippen LogP contribution is -2.52. The van der Waals surface area contributed by atoms with E-state index in [-0.39, 0.29) is 46.1 Å². The van der Waals surface area contributed by atoms with Crippen LogP contribution in [0.5, 0.6) is 11.5 Å². The van der Waals surface area contributed by atoms with Gasteiger partial charge in [0.05, 0.1) is 11.8 Å². The number of ether oxygens (including phenoxy) is 2. The van der Waals surface area contributed by atoms with Crippen molar-refractivity contribution in [2.45, 2.75) is 179 Å². The van der Waals surface area contributed by atoms with Crippen LogP contribution >= 0.6 is 0 Å². The summed E-state index contributed by atoms with van der Waals surface area (Å²) in [6, 6.07) is 16.4. The minimum absolute atomic E-state index is 0.0673. The van der Waals surface area contributed by atoms with Gasteiger partial charge in [0.15, 0.2) is 0 Å². The summed E-state index contributed by atoms with van der Waals surface area (Å²) < 4.78 is 26.1. The third-order valence-electron chi connectivity index (χ3n) is 13.2. The van der Waals surface area contributed by atoms with E-state index in [9.17, 15) is 9.59 Å². The predicted octanol–water partition coefficient (Wildman–Crippen LogP) is 12.1. The summed E-state index contributed by atoms with van der Waals surface area (Å²) in [5.74, 6) is -0.439. The molecule has 0 saturated heterocycles. The molecule has 0 spiro atoms. The smallest absolute Gasteiger partial charge is 0.310 e. The fourth-order valence-corrected chi connectivity index (χ4v) is 9.84. The van der Waals surface area contributed by atoms with E-state index >= 15 is 0 Å². The van der Waals surface area contributed by atoms with Gasteiger partial charge in [-0.2, -0.15) is 0 Å². The first-order valence-electron chi connectivity index (χ1n) is 20.4. The van der Waals surface area contributed by atoms with E-state index in [1.54, 1.807) is 0 Å². The zero-order valence-corrected chi connectivity index (χ0v) is 36.0. The molecule has 0 heterocycles. The highest BCUT2D eigenvalue weighted by molar-refractivity contribution is 6.75. The Labute approximate surface area is 317 Å². The maximum atomic E-state index is 14.5. The number of hydrogen-bond donors (Lipinski definition) is 0. The second kappa shape index (κ2) is 16.4. The maximum absolute atomic E-state index is 14.5. The van der Waals surface area contributed by atoms with Crippen molar-refractivity contribution in [3.63, 3.8) is 0 Å². The second-order valence-electron chi connectivity index (χ2n) is 19.1. The molecule has 2 aromatic carbocycles. The van der Waals surface area contributed by atoms with Crippen LogP contribution in [0.1, 0.15) is 142 Å². The molecule has 288 valence electrons. The van der Waals surface area contributed by atoms with Gasteiger partial charge in [0.1, 0.15) is 23.7 Å². The topological polar surface area (TPSA) is 71.1 Å². The van der Waals surface area contributed by atoms with Crippen molar-refractivity contribution < 1.29 is 27.9 Å². The van der Waals surface area contributed by atoms with E-state index in [1.165, 1.54) is 25.7 Å². The summed E-state index contributed by atoms with van der Waals surface area (Å²) in [5.41, 5.74) is 1.92. The summed E-state index contributed by atoms with van der Waals surface area (Å²) >= 11 is 0. The molecule has 2 aromatic rings. The van der Waals surface area contributed by atoms with E-state index in [4.69, 9.17) is 18.3 Å². The average molecular weight is 749 g/mol. The molecule has 52 heavy (non-hydrogen) atoms. The summed E-state index contributed by atoms with van der Waals surface area (Å²) in [7, 11) is -4.09. The van der Waals surface area contributed by atoms with Crippen molar-refractivity contribution in [2.24, 2.45) is 11.8 Å². The summed E-state index contributed by atoms with van der Waals surface area (Å²) in [5, 5.41) is 0.135. The largest absolute Gasteiger partial charge is 0.544 e. The zero-order chi connectivity index (χ0) is 37.9. The number of carbonyl (C=O) groups is 2. The average Bonchev–Trinajstić information content (AvgIpc) is 3.46. The molecule has 0 amide bonds. The van der Waals surface area contributed by atoms with Gasteiger partial charge in [-0.1, -0.05) is 91.5 Å². The standard InChI is InChI=1S/C44H68O6Si2/c1-43(2,3)51(7,8)49-35-27-23-31(24-28-35)37-39(41(45)47-33-19-15-11-12-16-20-33)38(40(37)42(46)48-34-21-17-13-14-18-22-34)32-25-29-36(30-26-32)50-52(9,10)44(4,5)6/h23-30,33-34,37-40H,11-22H2,1-10H3. The predicted molar refractivity (Wildman–Crippen MR) is 216 cm³/mol. The van der Waals surface area contributed by atoms with E-state index in [0.717, 1.165) is 74.0 Å². The van der Waals surface area contributed by atoms with Crippen LogP contribution in [0.15, 0.2) is 48.5 Å². The van der Waals surface area contributed by atoms with E-state index in [0.29, 0.717) is 0 Å². The Kier molecular flexibility index (Phi) is 12.8. The monoisotopic (exact) mass is 748 g/mol. The van der Waals surface area contributed by atoms with Crippen LogP contribution in [-0.2, 0) is 19.1 Å². The number of benzene rings is 2. The van der Waals surface area contributed by atoms with Gasteiger partial charge in [0.2, 0.25) is 16.6 Å². The number of carbonyl (C=O) groups excluding carboxylic acids is 2. The molecule has 3 fully saturated rings. The van der Waals surface area contributed by atoms with Crippen LogP contribution in [0, 0.1) is 11.8 Å². The first kappa shape index (κ1) is 40.6. The Morgan fingerprint density at radius 2 is 0.788 bits per heavy atom. The third kappa shape index (κ3) is 9.55. The van der Waals surface area contributed by atoms with Crippen LogP contribution in [0.4, 0.5) is 0 Å². The molecule has 5 rings (SSSR count). The molecule has 3 saturated carbocycles. The van der Waals surface area contributed by atoms with Crippen molar-refractivity contribution in [3.8, 4) is 11.5 Å². The van der Waals surface area contributed by atoms with Crippen molar-refractivity contribution in [1.82, 2.24) is 0 Å². The SMILES string of the molecule is CC(C)(C)[Si](C)(C)Oc1ccc(C2C(C(=O)OC3CCCCCC3)C(c3ccc(O[Si](C)(C)C(C)(C)C)cc3)C2C(=O)OC2CCCCCC2)cc1. The molecule has 0 aromatic heterocycles. The van der Waals surface area contributed by atoms with Crippen molar-refractivity contribution in [2.75, 3.05) is 0 Å². The Morgan fingerprint density at radius 3 is 1.06 bits per heavy atom. The van der Waals surface area contributed by atoms with Crippen molar-refractivity contribution in [3.05, 3.63) is 59.7 Å². The number of rotatable bonds is 10. The lowest BCUT2D eigenvalue weighted by molar-refractivity contribution is -0.174. The first-order chi connectivity index (χ1) is 24.4. The molecule has 0 unspecified atom stereocenters. The third-order valence-corrected chi connectivity index (χ3v) is 21.9.